The van der Waals surface area contributed by atoms with Gasteiger partial charge in [-0.15, -0.1) is 0 Å². The molecule has 0 bridgehead atoms. The van der Waals surface area contributed by atoms with Gasteiger partial charge in [0, 0.05) is 0 Å². The highest BCUT2D eigenvalue weighted by Crippen LogP contribution is 2.37. The Hall–Kier alpha value is -1.71. The van der Waals surface area contributed by atoms with E-state index >= 15 is 0 Å². The highest BCUT2D eigenvalue weighted by molar-refractivity contribution is 5.48. The van der Waals surface area contributed by atoms with Gasteiger partial charge in [-0.3, -0.25) is 0 Å². The van der Waals surface area contributed by atoms with E-state index in [0.717, 1.165) is 0 Å². The molecular weight excluding hydrogens is 163 g/mol. The second-order valence-corrected chi connectivity index (χ2v) is 2.23. The van der Waals surface area contributed by atoms with E-state index in [-0.39, 0.29) is 11.5 Å². The number of phenolic OH excluding ortho intramolecular Hbond substituents is 1. The van der Waals surface area contributed by atoms with Crippen LogP contribution in [0.2, 0.25) is 0 Å². The average Bonchev–Trinajstić information content (AvgIpc) is 2.12. The van der Waals surface area contributed by atoms with Crippen LogP contribution in [0.3, 0.4) is 0 Å². The fourth-order valence-electron chi connectivity index (χ4n) is 0.927. The fourth-order valence-corrected chi connectivity index (χ4v) is 0.927. The third-order valence-corrected chi connectivity index (χ3v) is 1.48. The van der Waals surface area contributed by atoms with Crippen molar-refractivity contribution < 1.29 is 19.0 Å². The van der Waals surface area contributed by atoms with Crippen molar-refractivity contribution in [3.05, 3.63) is 30.5 Å². The first-order valence-electron chi connectivity index (χ1n) is 3.29. The number of rotatable bonds is 0. The highest BCUT2D eigenvalue weighted by Gasteiger charge is 2.16. The second-order valence-electron chi connectivity index (χ2n) is 2.23. The first-order valence-corrected chi connectivity index (χ1v) is 3.29. The monoisotopic (exact) mass is 168 g/mol. The summed E-state index contributed by atoms with van der Waals surface area (Å²) < 4.78 is 22.7. The predicted octanol–water partition coefficient (Wildman–Crippen LogP) is 1.77. The molecule has 12 heavy (non-hydrogen) atoms. The third kappa shape index (κ3) is 0.887. The number of benzene rings is 1. The summed E-state index contributed by atoms with van der Waals surface area (Å²) >= 11 is 0. The molecule has 0 atom stereocenters. The molecule has 1 aliphatic rings. The summed E-state index contributed by atoms with van der Waals surface area (Å²) in [6.45, 7) is 0. The minimum Gasteiger partial charge on any atom is -0.505 e. The maximum atomic E-state index is 13.0. The Balaban J connectivity index is 2.58. The van der Waals surface area contributed by atoms with Gasteiger partial charge in [0.1, 0.15) is 12.5 Å². The van der Waals surface area contributed by atoms with Crippen molar-refractivity contribution in [2.24, 2.45) is 0 Å². The highest BCUT2D eigenvalue weighted by atomic mass is 19.1. The van der Waals surface area contributed by atoms with Crippen molar-refractivity contribution >= 4 is 0 Å². The molecule has 1 N–H and O–H groups in total. The lowest BCUT2D eigenvalue weighted by Gasteiger charge is -2.12. The molecule has 3 nitrogen and oxygen atoms in total. The third-order valence-electron chi connectivity index (χ3n) is 1.48. The van der Waals surface area contributed by atoms with Crippen LogP contribution in [0.4, 0.5) is 4.39 Å². The normalized spacial score (nSPS) is 13.1. The lowest BCUT2D eigenvalue weighted by atomic mass is 10.3. The molecule has 0 radical (unpaired) electrons. The molecular formula is C8H5FO3. The van der Waals surface area contributed by atoms with E-state index in [4.69, 9.17) is 14.6 Å². The van der Waals surface area contributed by atoms with Gasteiger partial charge < -0.3 is 14.6 Å². The van der Waals surface area contributed by atoms with Crippen molar-refractivity contribution in [3.8, 4) is 17.2 Å². The molecule has 0 amide bonds. The fraction of sp³-hybridized carbons (Fsp3) is 0. The first-order chi connectivity index (χ1) is 5.79. The van der Waals surface area contributed by atoms with Crippen LogP contribution >= 0.6 is 0 Å². The molecule has 1 aromatic rings. The lowest BCUT2D eigenvalue weighted by molar-refractivity contribution is 0.332. The van der Waals surface area contributed by atoms with Crippen molar-refractivity contribution in [3.63, 3.8) is 0 Å². The Bertz CT molecular complexity index is 346. The molecule has 2 rings (SSSR count). The first kappa shape index (κ1) is 6.97. The summed E-state index contributed by atoms with van der Waals surface area (Å²) in [7, 11) is 0. The maximum absolute atomic E-state index is 13.0. The minimum absolute atomic E-state index is 0.0856. The van der Waals surface area contributed by atoms with E-state index in [1.165, 1.54) is 24.7 Å². The van der Waals surface area contributed by atoms with Crippen LogP contribution in [0, 0.1) is 5.82 Å². The van der Waals surface area contributed by atoms with Gasteiger partial charge in [0.2, 0.25) is 11.6 Å². The standard InChI is InChI=1S/C8H5FO3/c9-7-5(10)1-2-6-8(7)12-4-3-11-6/h1-4,10H. The predicted molar refractivity (Wildman–Crippen MR) is 38.5 cm³/mol. The van der Waals surface area contributed by atoms with Crippen molar-refractivity contribution in [1.29, 1.82) is 0 Å². The van der Waals surface area contributed by atoms with E-state index in [1.807, 2.05) is 0 Å². The van der Waals surface area contributed by atoms with Crippen LogP contribution in [0.1, 0.15) is 0 Å². The molecule has 0 spiro atoms. The minimum atomic E-state index is -0.808. The Morgan fingerprint density at radius 1 is 1.17 bits per heavy atom. The van der Waals surface area contributed by atoms with Gasteiger partial charge in [-0.05, 0) is 12.1 Å². The van der Waals surface area contributed by atoms with Gasteiger partial charge in [0.05, 0.1) is 0 Å². The van der Waals surface area contributed by atoms with Gasteiger partial charge >= 0.3 is 0 Å². The zero-order valence-corrected chi connectivity index (χ0v) is 5.95. The SMILES string of the molecule is Oc1ccc2c(c1F)OC=CO2. The van der Waals surface area contributed by atoms with Crippen LogP contribution in [0.5, 0.6) is 17.2 Å². The van der Waals surface area contributed by atoms with Gasteiger partial charge in [-0.25, -0.2) is 0 Å². The second kappa shape index (κ2) is 2.41. The molecule has 4 heteroatoms. The molecule has 0 saturated heterocycles. The number of halogens is 1. The molecule has 0 saturated carbocycles. The van der Waals surface area contributed by atoms with Crippen LogP contribution in [-0.4, -0.2) is 5.11 Å². The summed E-state index contributed by atoms with van der Waals surface area (Å²) in [6.07, 6.45) is 2.49. The van der Waals surface area contributed by atoms with E-state index in [2.05, 4.69) is 0 Å². The summed E-state index contributed by atoms with van der Waals surface area (Å²) in [5, 5.41) is 8.94. The van der Waals surface area contributed by atoms with Gasteiger partial charge in [-0.1, -0.05) is 0 Å². The number of fused-ring (bicyclic) bond motifs is 1. The summed E-state index contributed by atoms with van der Waals surface area (Å²) in [5.41, 5.74) is 0. The molecule has 1 aliphatic heterocycles. The van der Waals surface area contributed by atoms with Gasteiger partial charge in [-0.2, -0.15) is 4.39 Å². The average molecular weight is 168 g/mol. The van der Waals surface area contributed by atoms with Gasteiger partial charge in [0.15, 0.2) is 11.5 Å². The van der Waals surface area contributed by atoms with Gasteiger partial charge in [0.25, 0.3) is 0 Å². The van der Waals surface area contributed by atoms with E-state index in [9.17, 15) is 4.39 Å². The van der Waals surface area contributed by atoms with Crippen LogP contribution in [-0.2, 0) is 0 Å². The molecule has 1 heterocycles. The summed E-state index contributed by atoms with van der Waals surface area (Å²) in [4.78, 5) is 0. The number of ether oxygens (including phenoxy) is 2. The van der Waals surface area contributed by atoms with E-state index in [0.29, 0.717) is 0 Å². The van der Waals surface area contributed by atoms with Crippen molar-refractivity contribution in [2.75, 3.05) is 0 Å². The molecule has 0 fully saturated rings. The maximum Gasteiger partial charge on any atom is 0.211 e. The molecule has 0 aliphatic carbocycles. The zero-order chi connectivity index (χ0) is 8.55. The Kier molecular flexibility index (Phi) is 1.40. The Morgan fingerprint density at radius 3 is 2.75 bits per heavy atom. The number of aromatic hydroxyl groups is 1. The molecule has 0 unspecified atom stereocenters. The quantitative estimate of drug-likeness (QED) is 0.641. The molecule has 62 valence electrons. The number of phenols is 1. The van der Waals surface area contributed by atoms with Crippen molar-refractivity contribution in [1.82, 2.24) is 0 Å². The van der Waals surface area contributed by atoms with E-state index < -0.39 is 11.6 Å². The topological polar surface area (TPSA) is 38.7 Å². The summed E-state index contributed by atoms with van der Waals surface area (Å²) in [6, 6.07) is 2.63. The zero-order valence-electron chi connectivity index (χ0n) is 5.95. The Morgan fingerprint density at radius 2 is 1.92 bits per heavy atom. The number of hydrogen-bond donors (Lipinski definition) is 1. The van der Waals surface area contributed by atoms with Crippen LogP contribution in [0.25, 0.3) is 0 Å². The summed E-state index contributed by atoms with van der Waals surface area (Å²) in [5.74, 6) is -1.09. The number of hydrogen-bond acceptors (Lipinski definition) is 3. The van der Waals surface area contributed by atoms with Crippen molar-refractivity contribution in [2.45, 2.75) is 0 Å². The molecule has 0 aromatic heterocycles. The van der Waals surface area contributed by atoms with E-state index in [1.54, 1.807) is 0 Å². The molecule has 1 aromatic carbocycles. The van der Waals surface area contributed by atoms with Crippen LogP contribution < -0.4 is 9.47 Å². The smallest absolute Gasteiger partial charge is 0.211 e. The Labute approximate surface area is 67.7 Å². The van der Waals surface area contributed by atoms with Crippen LogP contribution in [0.15, 0.2) is 24.7 Å². The lowest BCUT2D eigenvalue weighted by Crippen LogP contribution is -1.98. The largest absolute Gasteiger partial charge is 0.505 e.